The van der Waals surface area contributed by atoms with Crippen molar-refractivity contribution in [1.82, 2.24) is 4.98 Å². The molecule has 0 spiro atoms. The smallest absolute Gasteiger partial charge is 0.0999 e. The highest BCUT2D eigenvalue weighted by molar-refractivity contribution is 5.22. The highest BCUT2D eigenvalue weighted by atomic mass is 16.3. The first kappa shape index (κ1) is 10.9. The summed E-state index contributed by atoms with van der Waals surface area (Å²) in [7, 11) is 0. The van der Waals surface area contributed by atoms with E-state index in [1.54, 1.807) is 6.20 Å². The van der Waals surface area contributed by atoms with Crippen LogP contribution in [0, 0.1) is 0 Å². The van der Waals surface area contributed by atoms with Crippen LogP contribution in [0.4, 0.5) is 0 Å². The molecule has 1 aromatic rings. The molecule has 1 N–H and O–H groups in total. The Kier molecular flexibility index (Phi) is 3.84. The van der Waals surface area contributed by atoms with Gasteiger partial charge in [0.15, 0.2) is 0 Å². The first-order valence-corrected chi connectivity index (χ1v) is 4.91. The second-order valence-corrected chi connectivity index (χ2v) is 3.58. The van der Waals surface area contributed by atoms with E-state index < -0.39 is 6.10 Å². The molecule has 0 aliphatic heterocycles. The Labute approximate surface area is 85.3 Å². The monoisotopic (exact) mass is 191 g/mol. The SMILES string of the molecule is C=C(C)CC(O)c1ncccc1CC. The van der Waals surface area contributed by atoms with Crippen molar-refractivity contribution in [3.63, 3.8) is 0 Å². The first-order valence-electron chi connectivity index (χ1n) is 4.91. The highest BCUT2D eigenvalue weighted by Gasteiger charge is 2.12. The maximum absolute atomic E-state index is 9.88. The third-order valence-electron chi connectivity index (χ3n) is 2.16. The molecule has 1 atom stereocenters. The Hall–Kier alpha value is -1.15. The summed E-state index contributed by atoms with van der Waals surface area (Å²) in [6, 6.07) is 3.90. The second-order valence-electron chi connectivity index (χ2n) is 3.58. The van der Waals surface area contributed by atoms with Gasteiger partial charge in [0.05, 0.1) is 11.8 Å². The van der Waals surface area contributed by atoms with Gasteiger partial charge in [0, 0.05) is 6.20 Å². The van der Waals surface area contributed by atoms with E-state index >= 15 is 0 Å². The van der Waals surface area contributed by atoms with E-state index in [0.717, 1.165) is 23.3 Å². The number of nitrogens with zero attached hydrogens (tertiary/aromatic N) is 1. The summed E-state index contributed by atoms with van der Waals surface area (Å²) in [6.45, 7) is 7.77. The van der Waals surface area contributed by atoms with Gasteiger partial charge in [-0.2, -0.15) is 0 Å². The topological polar surface area (TPSA) is 33.1 Å². The van der Waals surface area contributed by atoms with Crippen molar-refractivity contribution < 1.29 is 5.11 Å². The van der Waals surface area contributed by atoms with Gasteiger partial charge in [0.2, 0.25) is 0 Å². The van der Waals surface area contributed by atoms with E-state index in [4.69, 9.17) is 0 Å². The lowest BCUT2D eigenvalue weighted by Gasteiger charge is -2.13. The number of rotatable bonds is 4. The number of aryl methyl sites for hydroxylation is 1. The minimum absolute atomic E-state index is 0.511. The lowest BCUT2D eigenvalue weighted by molar-refractivity contribution is 0.172. The van der Waals surface area contributed by atoms with Crippen molar-refractivity contribution in [1.29, 1.82) is 0 Å². The number of aliphatic hydroxyl groups excluding tert-OH is 1. The average molecular weight is 191 g/mol. The van der Waals surface area contributed by atoms with Crippen LogP contribution in [0.2, 0.25) is 0 Å². The molecule has 2 heteroatoms. The molecule has 1 aromatic heterocycles. The molecule has 1 heterocycles. The van der Waals surface area contributed by atoms with Gasteiger partial charge in [-0.15, -0.1) is 6.58 Å². The zero-order chi connectivity index (χ0) is 10.6. The fourth-order valence-corrected chi connectivity index (χ4v) is 1.48. The van der Waals surface area contributed by atoms with Gasteiger partial charge < -0.3 is 5.11 Å². The Bertz CT molecular complexity index is 320. The zero-order valence-corrected chi connectivity index (χ0v) is 8.83. The minimum atomic E-state index is -0.511. The summed E-state index contributed by atoms with van der Waals surface area (Å²) >= 11 is 0. The quantitative estimate of drug-likeness (QED) is 0.742. The van der Waals surface area contributed by atoms with Gasteiger partial charge in [0.1, 0.15) is 0 Å². The number of aromatic nitrogens is 1. The van der Waals surface area contributed by atoms with Gasteiger partial charge >= 0.3 is 0 Å². The highest BCUT2D eigenvalue weighted by Crippen LogP contribution is 2.21. The molecule has 1 rings (SSSR count). The van der Waals surface area contributed by atoms with Gasteiger partial charge in [-0.3, -0.25) is 4.98 Å². The fourth-order valence-electron chi connectivity index (χ4n) is 1.48. The van der Waals surface area contributed by atoms with Crippen LogP contribution in [0.15, 0.2) is 30.5 Å². The normalized spacial score (nSPS) is 12.5. The van der Waals surface area contributed by atoms with E-state index in [0.29, 0.717) is 6.42 Å². The molecule has 2 nitrogen and oxygen atoms in total. The van der Waals surface area contributed by atoms with Crippen LogP contribution in [0.5, 0.6) is 0 Å². The Morgan fingerprint density at radius 2 is 2.36 bits per heavy atom. The van der Waals surface area contributed by atoms with Crippen LogP contribution in [0.3, 0.4) is 0 Å². The van der Waals surface area contributed by atoms with Crippen molar-refractivity contribution in [3.05, 3.63) is 41.7 Å². The van der Waals surface area contributed by atoms with Crippen molar-refractivity contribution in [2.45, 2.75) is 32.8 Å². The molecule has 14 heavy (non-hydrogen) atoms. The predicted octanol–water partition coefficient (Wildman–Crippen LogP) is 2.64. The lowest BCUT2D eigenvalue weighted by Crippen LogP contribution is -2.04. The van der Waals surface area contributed by atoms with E-state index in [2.05, 4.69) is 18.5 Å². The maximum Gasteiger partial charge on any atom is 0.0999 e. The van der Waals surface area contributed by atoms with Crippen molar-refractivity contribution in [2.75, 3.05) is 0 Å². The van der Waals surface area contributed by atoms with Crippen LogP contribution >= 0.6 is 0 Å². The molecular formula is C12H17NO. The second kappa shape index (κ2) is 4.91. The summed E-state index contributed by atoms with van der Waals surface area (Å²) in [5.41, 5.74) is 2.88. The van der Waals surface area contributed by atoms with E-state index in [9.17, 15) is 5.11 Å². The molecule has 0 saturated heterocycles. The molecule has 0 amide bonds. The van der Waals surface area contributed by atoms with Gasteiger partial charge in [-0.1, -0.05) is 18.6 Å². The van der Waals surface area contributed by atoms with E-state index in [1.807, 2.05) is 19.1 Å². The number of hydrogen-bond donors (Lipinski definition) is 1. The zero-order valence-electron chi connectivity index (χ0n) is 8.83. The first-order chi connectivity index (χ1) is 6.65. The van der Waals surface area contributed by atoms with Gasteiger partial charge in [-0.25, -0.2) is 0 Å². The molecule has 0 fully saturated rings. The van der Waals surface area contributed by atoms with Crippen LogP contribution in [0.25, 0.3) is 0 Å². The van der Waals surface area contributed by atoms with Gasteiger partial charge in [-0.05, 0) is 31.4 Å². The van der Waals surface area contributed by atoms with E-state index in [1.165, 1.54) is 0 Å². The van der Waals surface area contributed by atoms with Crippen LogP contribution in [0.1, 0.15) is 37.6 Å². The standard InChI is InChI=1S/C12H17NO/c1-4-10-6-5-7-13-12(10)11(14)8-9(2)3/h5-7,11,14H,2,4,8H2,1,3H3. The van der Waals surface area contributed by atoms with E-state index in [-0.39, 0.29) is 0 Å². The minimum Gasteiger partial charge on any atom is -0.386 e. The fraction of sp³-hybridized carbons (Fsp3) is 0.417. The molecule has 0 radical (unpaired) electrons. The van der Waals surface area contributed by atoms with Gasteiger partial charge in [0.25, 0.3) is 0 Å². The van der Waals surface area contributed by atoms with Crippen LogP contribution in [-0.2, 0) is 6.42 Å². The Morgan fingerprint density at radius 1 is 1.64 bits per heavy atom. The summed E-state index contributed by atoms with van der Waals surface area (Å²) in [5.74, 6) is 0. The Morgan fingerprint density at radius 3 is 2.93 bits per heavy atom. The molecule has 0 aliphatic rings. The van der Waals surface area contributed by atoms with Crippen LogP contribution < -0.4 is 0 Å². The molecule has 1 unspecified atom stereocenters. The molecule has 0 saturated carbocycles. The number of pyridine rings is 1. The summed E-state index contributed by atoms with van der Waals surface area (Å²) in [5, 5.41) is 9.88. The summed E-state index contributed by atoms with van der Waals surface area (Å²) in [4.78, 5) is 4.21. The molecule has 76 valence electrons. The average Bonchev–Trinajstić information content (AvgIpc) is 2.16. The predicted molar refractivity (Wildman–Crippen MR) is 58.0 cm³/mol. The third-order valence-corrected chi connectivity index (χ3v) is 2.16. The van der Waals surface area contributed by atoms with Crippen LogP contribution in [-0.4, -0.2) is 10.1 Å². The van der Waals surface area contributed by atoms with Crippen molar-refractivity contribution in [3.8, 4) is 0 Å². The molecular weight excluding hydrogens is 174 g/mol. The number of hydrogen-bond acceptors (Lipinski definition) is 2. The van der Waals surface area contributed by atoms with Crippen molar-refractivity contribution >= 4 is 0 Å². The molecule has 0 aliphatic carbocycles. The van der Waals surface area contributed by atoms with Crippen molar-refractivity contribution in [2.24, 2.45) is 0 Å². The Balaban J connectivity index is 2.87. The third kappa shape index (κ3) is 2.67. The molecule has 0 aromatic carbocycles. The maximum atomic E-state index is 9.88. The lowest BCUT2D eigenvalue weighted by atomic mass is 10.0. The number of aliphatic hydroxyl groups is 1. The molecule has 0 bridgehead atoms. The summed E-state index contributed by atoms with van der Waals surface area (Å²) < 4.78 is 0. The largest absolute Gasteiger partial charge is 0.386 e. The summed E-state index contributed by atoms with van der Waals surface area (Å²) in [6.07, 6.45) is 2.69.